The number of carbonyl (C=O) groups is 4. The minimum atomic E-state index is -0.845. The van der Waals surface area contributed by atoms with Gasteiger partial charge in [0.2, 0.25) is 23.6 Å². The van der Waals surface area contributed by atoms with Crippen LogP contribution in [0.3, 0.4) is 0 Å². The largest absolute Gasteiger partial charge is 0.353 e. The number of hydrogen-bond donors (Lipinski definition) is 3. The van der Waals surface area contributed by atoms with Crippen molar-refractivity contribution in [2.75, 3.05) is 26.7 Å². The van der Waals surface area contributed by atoms with E-state index in [1.807, 2.05) is 61.2 Å². The molecule has 0 unspecified atom stereocenters. The van der Waals surface area contributed by atoms with E-state index in [0.717, 1.165) is 11.1 Å². The van der Waals surface area contributed by atoms with E-state index in [4.69, 9.17) is 0 Å². The van der Waals surface area contributed by atoms with E-state index in [1.165, 1.54) is 4.90 Å². The minimum Gasteiger partial charge on any atom is -0.353 e. The Morgan fingerprint density at radius 2 is 1.67 bits per heavy atom. The molecule has 0 radical (unpaired) electrons. The lowest BCUT2D eigenvalue weighted by molar-refractivity contribution is -0.142. The van der Waals surface area contributed by atoms with Gasteiger partial charge in [-0.2, -0.15) is 0 Å². The van der Waals surface area contributed by atoms with Gasteiger partial charge in [0, 0.05) is 45.5 Å². The second-order valence-electron chi connectivity index (χ2n) is 10.5. The van der Waals surface area contributed by atoms with E-state index in [0.29, 0.717) is 25.9 Å². The molecule has 1 fully saturated rings. The topological polar surface area (TPSA) is 124 Å². The van der Waals surface area contributed by atoms with Crippen molar-refractivity contribution in [2.45, 2.75) is 58.3 Å². The summed E-state index contributed by atoms with van der Waals surface area (Å²) in [6.07, 6.45) is 4.16. The van der Waals surface area contributed by atoms with Crippen LogP contribution in [-0.4, -0.2) is 83.2 Å². The van der Waals surface area contributed by atoms with Crippen molar-refractivity contribution in [1.29, 1.82) is 0 Å². The average molecular weight is 537 g/mol. The summed E-state index contributed by atoms with van der Waals surface area (Å²) in [6, 6.07) is 10.8. The average Bonchev–Trinajstić information content (AvgIpc) is 2.91. The summed E-state index contributed by atoms with van der Waals surface area (Å²) in [7, 11) is 1.55. The molecule has 4 amide bonds. The number of likely N-dealkylation sites (N-methyl/N-ethyl adjacent to an activating group) is 1. The Bertz CT molecular complexity index is 1110. The van der Waals surface area contributed by atoms with Crippen LogP contribution in [0, 0.1) is 5.92 Å². The van der Waals surface area contributed by atoms with Crippen molar-refractivity contribution < 1.29 is 19.2 Å². The fourth-order valence-electron chi connectivity index (χ4n) is 4.52. The molecule has 3 N–H and O–H groups in total. The summed E-state index contributed by atoms with van der Waals surface area (Å²) in [5.41, 5.74) is 1.82. The normalized spacial score (nSPS) is 22.5. The molecule has 0 spiro atoms. The first-order valence-electron chi connectivity index (χ1n) is 13.4. The highest BCUT2D eigenvalue weighted by Gasteiger charge is 2.32. The Labute approximate surface area is 230 Å². The molecule has 10 heteroatoms. The zero-order valence-electron chi connectivity index (χ0n) is 23.2. The Morgan fingerprint density at radius 1 is 0.949 bits per heavy atom. The molecule has 1 saturated heterocycles. The zero-order chi connectivity index (χ0) is 28.4. The van der Waals surface area contributed by atoms with Crippen LogP contribution in [0.5, 0.6) is 0 Å². The lowest BCUT2D eigenvalue weighted by Crippen LogP contribution is -2.56. The molecule has 210 valence electrons. The maximum atomic E-state index is 13.5. The van der Waals surface area contributed by atoms with Gasteiger partial charge in [0.25, 0.3) is 0 Å². The van der Waals surface area contributed by atoms with Crippen LogP contribution in [0.25, 0.3) is 0 Å². The van der Waals surface area contributed by atoms with Crippen LogP contribution in [-0.2, 0) is 32.1 Å². The number of carbonyl (C=O) groups excluding carboxylic acids is 4. The molecule has 1 aliphatic heterocycles. The van der Waals surface area contributed by atoms with E-state index in [2.05, 4.69) is 20.9 Å². The molecular formula is C29H40N6O4. The van der Waals surface area contributed by atoms with Gasteiger partial charge in [-0.3, -0.25) is 29.1 Å². The fraction of sp³-hybridized carbons (Fsp3) is 0.483. The Kier molecular flexibility index (Phi) is 11.0. The number of nitrogens with zero attached hydrogens (tertiary/aromatic N) is 3. The Morgan fingerprint density at radius 3 is 2.33 bits per heavy atom. The molecule has 10 nitrogen and oxygen atoms in total. The molecule has 39 heavy (non-hydrogen) atoms. The van der Waals surface area contributed by atoms with Gasteiger partial charge in [-0.15, -0.1) is 0 Å². The smallest absolute Gasteiger partial charge is 0.245 e. The lowest BCUT2D eigenvalue weighted by atomic mass is 10.0. The molecule has 0 bridgehead atoms. The van der Waals surface area contributed by atoms with Gasteiger partial charge < -0.3 is 20.9 Å². The molecular weight excluding hydrogens is 496 g/mol. The van der Waals surface area contributed by atoms with E-state index in [9.17, 15) is 19.2 Å². The van der Waals surface area contributed by atoms with Gasteiger partial charge in [0.05, 0.1) is 6.54 Å². The molecule has 1 aromatic carbocycles. The molecule has 0 aliphatic carbocycles. The van der Waals surface area contributed by atoms with Gasteiger partial charge in [0.15, 0.2) is 0 Å². The van der Waals surface area contributed by atoms with Gasteiger partial charge in [0.1, 0.15) is 18.1 Å². The number of rotatable bonds is 6. The molecule has 3 atom stereocenters. The minimum absolute atomic E-state index is 0.0382. The van der Waals surface area contributed by atoms with E-state index < -0.39 is 24.0 Å². The summed E-state index contributed by atoms with van der Waals surface area (Å²) in [5, 5.41) is 8.66. The van der Waals surface area contributed by atoms with Crippen LogP contribution < -0.4 is 16.0 Å². The first-order chi connectivity index (χ1) is 18.6. The lowest BCUT2D eigenvalue weighted by Gasteiger charge is -2.30. The molecule has 0 saturated carbocycles. The highest BCUT2D eigenvalue weighted by Crippen LogP contribution is 2.12. The highest BCUT2D eigenvalue weighted by atomic mass is 16.2. The third-order valence-corrected chi connectivity index (χ3v) is 6.79. The van der Waals surface area contributed by atoms with Gasteiger partial charge in [-0.25, -0.2) is 0 Å². The number of benzene rings is 1. The number of nitrogens with one attached hydrogen (secondary N) is 3. The predicted octanol–water partition coefficient (Wildman–Crippen LogP) is 1.12. The molecule has 2 aromatic rings. The second kappa shape index (κ2) is 14.4. The third kappa shape index (κ3) is 9.17. The van der Waals surface area contributed by atoms with Crippen molar-refractivity contribution in [3.63, 3.8) is 0 Å². The van der Waals surface area contributed by atoms with Crippen molar-refractivity contribution in [3.05, 3.63) is 66.0 Å². The van der Waals surface area contributed by atoms with Crippen molar-refractivity contribution in [2.24, 2.45) is 5.92 Å². The van der Waals surface area contributed by atoms with Crippen molar-refractivity contribution in [3.8, 4) is 0 Å². The highest BCUT2D eigenvalue weighted by molar-refractivity contribution is 5.94. The maximum Gasteiger partial charge on any atom is 0.245 e. The number of hydrogen-bond acceptors (Lipinski definition) is 6. The zero-order valence-corrected chi connectivity index (χ0v) is 23.2. The summed E-state index contributed by atoms with van der Waals surface area (Å²) in [6.45, 7) is 6.72. The van der Waals surface area contributed by atoms with Gasteiger partial charge in [-0.1, -0.05) is 50.2 Å². The van der Waals surface area contributed by atoms with Crippen LogP contribution in [0.1, 0.15) is 38.3 Å². The summed E-state index contributed by atoms with van der Waals surface area (Å²) in [5.74, 6) is -1.28. The summed E-state index contributed by atoms with van der Waals surface area (Å²) >= 11 is 0. The quantitative estimate of drug-likeness (QED) is 0.508. The predicted molar refractivity (Wildman–Crippen MR) is 148 cm³/mol. The SMILES string of the molecule is CC(C)C[C@@H]1NC(=O)CN(Cc2cccnc2)CCNC(=O)[C@H](Cc2ccccc2)NC(=O)[C@H](C)N(C)C1=O. The molecule has 1 aliphatic rings. The first kappa shape index (κ1) is 29.8. The number of amides is 4. The second-order valence-corrected chi connectivity index (χ2v) is 10.5. The molecule has 1 aromatic heterocycles. The van der Waals surface area contributed by atoms with Gasteiger partial charge in [-0.05, 0) is 36.5 Å². The molecule has 2 heterocycles. The van der Waals surface area contributed by atoms with Crippen LogP contribution in [0.2, 0.25) is 0 Å². The fourth-order valence-corrected chi connectivity index (χ4v) is 4.52. The van der Waals surface area contributed by atoms with Crippen LogP contribution in [0.15, 0.2) is 54.9 Å². The van der Waals surface area contributed by atoms with E-state index in [-0.39, 0.29) is 36.7 Å². The summed E-state index contributed by atoms with van der Waals surface area (Å²) < 4.78 is 0. The molecule has 3 rings (SSSR count). The third-order valence-electron chi connectivity index (χ3n) is 6.79. The van der Waals surface area contributed by atoms with Crippen molar-refractivity contribution in [1.82, 2.24) is 30.7 Å². The van der Waals surface area contributed by atoms with E-state index in [1.54, 1.807) is 26.4 Å². The van der Waals surface area contributed by atoms with Crippen LogP contribution >= 0.6 is 0 Å². The Hall–Kier alpha value is -3.79. The van der Waals surface area contributed by atoms with Gasteiger partial charge >= 0.3 is 0 Å². The first-order valence-corrected chi connectivity index (χ1v) is 13.4. The summed E-state index contributed by atoms with van der Waals surface area (Å²) in [4.78, 5) is 60.4. The van der Waals surface area contributed by atoms with Crippen LogP contribution in [0.4, 0.5) is 0 Å². The monoisotopic (exact) mass is 536 g/mol. The van der Waals surface area contributed by atoms with Crippen molar-refractivity contribution >= 4 is 23.6 Å². The van der Waals surface area contributed by atoms with E-state index >= 15 is 0 Å². The standard InChI is InChI=1S/C29H40N6O4/c1-20(2)15-25-29(39)34(4)21(3)27(37)33-24(16-22-9-6-5-7-10-22)28(38)31-13-14-35(19-26(36)32-25)18-23-11-8-12-30-17-23/h5-12,17,20-21,24-25H,13-16,18-19H2,1-4H3,(H,31,38)(H,32,36)(H,33,37)/t21-,24-,25-/m0/s1. The Balaban J connectivity index is 1.88. The number of aromatic nitrogens is 1. The maximum absolute atomic E-state index is 13.5. The number of pyridine rings is 1.